The molecule has 0 amide bonds. The summed E-state index contributed by atoms with van der Waals surface area (Å²) in [4.78, 5) is 8.98. The first-order valence-electron chi connectivity index (χ1n) is 3.58. The minimum Gasteiger partial charge on any atom is -0.300 e. The Morgan fingerprint density at radius 1 is 0.929 bits per heavy atom. The molecule has 0 atom stereocenters. The van der Waals surface area contributed by atoms with Gasteiger partial charge in [0.1, 0.15) is 0 Å². The zero-order valence-corrected chi connectivity index (χ0v) is 9.14. The third-order valence-electron chi connectivity index (χ3n) is 1.49. The standard InChI is InChI=1S/C8H12N2O2.2ClH/c9-11-5-7-2-1-3-8(4-7)6-12-10;;/h1-4H,5-6,9-10H2;2*1H. The second-order valence-corrected chi connectivity index (χ2v) is 2.44. The normalized spacial score (nSPS) is 8.71. The van der Waals surface area contributed by atoms with Crippen LogP contribution in [-0.4, -0.2) is 0 Å². The predicted octanol–water partition coefficient (Wildman–Crippen LogP) is 1.31. The highest BCUT2D eigenvalue weighted by Gasteiger charge is 1.94. The van der Waals surface area contributed by atoms with Crippen LogP contribution in [0, 0.1) is 0 Å². The van der Waals surface area contributed by atoms with Crippen molar-refractivity contribution < 1.29 is 9.68 Å². The third-order valence-corrected chi connectivity index (χ3v) is 1.49. The van der Waals surface area contributed by atoms with Crippen LogP contribution in [0.3, 0.4) is 0 Å². The SMILES string of the molecule is Cl.Cl.NOCc1cccc(CON)c1. The van der Waals surface area contributed by atoms with E-state index in [0.717, 1.165) is 11.1 Å². The molecule has 0 radical (unpaired) electrons. The van der Waals surface area contributed by atoms with E-state index in [2.05, 4.69) is 9.68 Å². The highest BCUT2D eigenvalue weighted by atomic mass is 35.5. The quantitative estimate of drug-likeness (QED) is 0.779. The lowest BCUT2D eigenvalue weighted by Gasteiger charge is -2.02. The number of rotatable bonds is 4. The fourth-order valence-electron chi connectivity index (χ4n) is 1.00. The van der Waals surface area contributed by atoms with Gasteiger partial charge in [-0.15, -0.1) is 24.8 Å². The molecular weight excluding hydrogens is 227 g/mol. The molecule has 1 aromatic rings. The molecule has 6 heteroatoms. The first-order chi connectivity index (χ1) is 5.86. The molecule has 82 valence electrons. The fourth-order valence-corrected chi connectivity index (χ4v) is 1.00. The van der Waals surface area contributed by atoms with Gasteiger partial charge in [-0.2, -0.15) is 0 Å². The van der Waals surface area contributed by atoms with Gasteiger partial charge in [-0.25, -0.2) is 11.8 Å². The lowest BCUT2D eigenvalue weighted by Crippen LogP contribution is -2.01. The lowest BCUT2D eigenvalue weighted by molar-refractivity contribution is 0.120. The average molecular weight is 241 g/mol. The first kappa shape index (κ1) is 16.1. The average Bonchev–Trinajstić information content (AvgIpc) is 2.06. The third kappa shape index (κ3) is 5.39. The molecule has 0 heterocycles. The van der Waals surface area contributed by atoms with E-state index < -0.39 is 0 Å². The number of hydrogen-bond donors (Lipinski definition) is 2. The molecule has 0 aliphatic carbocycles. The summed E-state index contributed by atoms with van der Waals surface area (Å²) in [7, 11) is 0. The Kier molecular flexibility index (Phi) is 10.6. The van der Waals surface area contributed by atoms with Gasteiger partial charge in [0.15, 0.2) is 0 Å². The van der Waals surface area contributed by atoms with Crippen LogP contribution in [0.15, 0.2) is 24.3 Å². The van der Waals surface area contributed by atoms with Crippen LogP contribution in [0.1, 0.15) is 11.1 Å². The molecule has 1 rings (SSSR count). The molecule has 0 fully saturated rings. The summed E-state index contributed by atoms with van der Waals surface area (Å²) in [5.74, 6) is 9.86. The van der Waals surface area contributed by atoms with E-state index in [9.17, 15) is 0 Å². The Balaban J connectivity index is 0. The number of hydrogen-bond acceptors (Lipinski definition) is 4. The van der Waals surface area contributed by atoms with Crippen LogP contribution in [-0.2, 0) is 22.9 Å². The Hall–Kier alpha value is -0.360. The Bertz CT molecular complexity index is 227. The molecule has 0 aromatic heterocycles. The van der Waals surface area contributed by atoms with Gasteiger partial charge in [0, 0.05) is 0 Å². The van der Waals surface area contributed by atoms with E-state index in [4.69, 9.17) is 11.8 Å². The maximum Gasteiger partial charge on any atom is 0.0930 e. The second-order valence-electron chi connectivity index (χ2n) is 2.44. The van der Waals surface area contributed by atoms with Gasteiger partial charge in [-0.05, 0) is 11.1 Å². The van der Waals surface area contributed by atoms with E-state index in [1.165, 1.54) is 0 Å². The summed E-state index contributed by atoms with van der Waals surface area (Å²) in [6.45, 7) is 0.802. The Morgan fingerprint density at radius 3 is 1.71 bits per heavy atom. The summed E-state index contributed by atoms with van der Waals surface area (Å²) in [5.41, 5.74) is 2.01. The minimum absolute atomic E-state index is 0. The molecular formula is C8H14Cl2N2O2. The van der Waals surface area contributed by atoms with Crippen LogP contribution >= 0.6 is 24.8 Å². The van der Waals surface area contributed by atoms with Gasteiger partial charge >= 0.3 is 0 Å². The van der Waals surface area contributed by atoms with E-state index >= 15 is 0 Å². The van der Waals surface area contributed by atoms with Crippen molar-refractivity contribution in [2.75, 3.05) is 0 Å². The number of nitrogens with two attached hydrogens (primary N) is 2. The van der Waals surface area contributed by atoms with Gasteiger partial charge < -0.3 is 0 Å². The number of benzene rings is 1. The van der Waals surface area contributed by atoms with E-state index in [0.29, 0.717) is 13.2 Å². The van der Waals surface area contributed by atoms with E-state index in [1.54, 1.807) is 0 Å². The zero-order chi connectivity index (χ0) is 8.81. The van der Waals surface area contributed by atoms with Crippen LogP contribution < -0.4 is 11.8 Å². The van der Waals surface area contributed by atoms with Crippen LogP contribution in [0.5, 0.6) is 0 Å². The molecule has 0 saturated heterocycles. The minimum atomic E-state index is 0. The highest BCUT2D eigenvalue weighted by molar-refractivity contribution is 5.85. The lowest BCUT2D eigenvalue weighted by atomic mass is 10.1. The molecule has 0 bridgehead atoms. The fraction of sp³-hybridized carbons (Fsp3) is 0.250. The largest absolute Gasteiger partial charge is 0.300 e. The summed E-state index contributed by atoms with van der Waals surface area (Å²) in [6, 6.07) is 7.68. The maximum absolute atomic E-state index is 4.93. The smallest absolute Gasteiger partial charge is 0.0930 e. The van der Waals surface area contributed by atoms with Gasteiger partial charge in [-0.1, -0.05) is 24.3 Å². The number of halogens is 2. The van der Waals surface area contributed by atoms with Gasteiger partial charge in [-0.3, -0.25) is 9.68 Å². The molecule has 4 nitrogen and oxygen atoms in total. The van der Waals surface area contributed by atoms with Crippen molar-refractivity contribution in [3.63, 3.8) is 0 Å². The van der Waals surface area contributed by atoms with Crippen molar-refractivity contribution in [1.82, 2.24) is 0 Å². The Morgan fingerprint density at radius 2 is 1.36 bits per heavy atom. The second kappa shape index (κ2) is 9.21. The van der Waals surface area contributed by atoms with Crippen molar-refractivity contribution in [2.24, 2.45) is 11.8 Å². The van der Waals surface area contributed by atoms with E-state index in [-0.39, 0.29) is 24.8 Å². The van der Waals surface area contributed by atoms with Crippen LogP contribution in [0.25, 0.3) is 0 Å². The molecule has 1 aromatic carbocycles. The molecule has 0 aliphatic heterocycles. The van der Waals surface area contributed by atoms with Crippen molar-refractivity contribution in [1.29, 1.82) is 0 Å². The molecule has 0 unspecified atom stereocenters. The zero-order valence-electron chi connectivity index (χ0n) is 7.51. The summed E-state index contributed by atoms with van der Waals surface area (Å²) < 4.78 is 0. The molecule has 14 heavy (non-hydrogen) atoms. The van der Waals surface area contributed by atoms with E-state index in [1.807, 2.05) is 24.3 Å². The monoisotopic (exact) mass is 240 g/mol. The van der Waals surface area contributed by atoms with Crippen molar-refractivity contribution >= 4 is 24.8 Å². The molecule has 0 aliphatic rings. The highest BCUT2D eigenvalue weighted by Crippen LogP contribution is 2.06. The summed E-state index contributed by atoms with van der Waals surface area (Å²) in [6.07, 6.45) is 0. The first-order valence-corrected chi connectivity index (χ1v) is 3.58. The summed E-state index contributed by atoms with van der Waals surface area (Å²) >= 11 is 0. The van der Waals surface area contributed by atoms with Crippen molar-refractivity contribution in [3.05, 3.63) is 35.4 Å². The van der Waals surface area contributed by atoms with Crippen molar-refractivity contribution in [2.45, 2.75) is 13.2 Å². The van der Waals surface area contributed by atoms with Crippen molar-refractivity contribution in [3.8, 4) is 0 Å². The Labute approximate surface area is 95.3 Å². The van der Waals surface area contributed by atoms with Gasteiger partial charge in [0.2, 0.25) is 0 Å². The molecule has 0 spiro atoms. The molecule has 0 saturated carbocycles. The van der Waals surface area contributed by atoms with Gasteiger partial charge in [0.05, 0.1) is 13.2 Å². The van der Waals surface area contributed by atoms with Crippen LogP contribution in [0.4, 0.5) is 0 Å². The topological polar surface area (TPSA) is 70.5 Å². The predicted molar refractivity (Wildman–Crippen MR) is 58.9 cm³/mol. The van der Waals surface area contributed by atoms with Gasteiger partial charge in [0.25, 0.3) is 0 Å². The van der Waals surface area contributed by atoms with Crippen LogP contribution in [0.2, 0.25) is 0 Å². The summed E-state index contributed by atoms with van der Waals surface area (Å²) in [5, 5.41) is 0. The maximum atomic E-state index is 4.93. The molecule has 4 N–H and O–H groups in total.